The summed E-state index contributed by atoms with van der Waals surface area (Å²) in [5, 5.41) is 7.44. The Balaban J connectivity index is 1.37. The van der Waals surface area contributed by atoms with Gasteiger partial charge in [-0.25, -0.2) is 9.99 Å². The molecule has 0 saturated heterocycles. The zero-order valence-corrected chi connectivity index (χ0v) is 20.7. The Labute approximate surface area is 219 Å². The molecule has 0 N–H and O–H groups in total. The number of allylic oxidation sites excluding steroid dienone is 1. The molecular weight excluding hydrogens is 474 g/mol. The topological polar surface area (TPSA) is 71.8 Å². The first-order chi connectivity index (χ1) is 18.8. The molecule has 2 aromatic carbocycles. The van der Waals surface area contributed by atoms with Crippen LogP contribution in [-0.2, 0) is 0 Å². The van der Waals surface area contributed by atoms with E-state index in [4.69, 9.17) is 18.9 Å². The van der Waals surface area contributed by atoms with Gasteiger partial charge in [-0.2, -0.15) is 5.10 Å². The molecule has 1 amide bonds. The second-order valence-electron chi connectivity index (χ2n) is 9.72. The third-order valence-corrected chi connectivity index (χ3v) is 7.42. The molecule has 1 saturated carbocycles. The van der Waals surface area contributed by atoms with Crippen LogP contribution in [0.4, 0.5) is 0 Å². The average Bonchev–Trinajstić information content (AvgIpc) is 3.74. The van der Waals surface area contributed by atoms with Crippen LogP contribution in [0.25, 0.3) is 28.2 Å². The molecule has 1 fully saturated rings. The molecule has 5 aromatic rings. The number of furan rings is 2. The summed E-state index contributed by atoms with van der Waals surface area (Å²) in [5.74, 6) is 1.40. The van der Waals surface area contributed by atoms with E-state index in [1.165, 1.54) is 0 Å². The van der Waals surface area contributed by atoms with E-state index in [9.17, 15) is 4.79 Å². The van der Waals surface area contributed by atoms with Crippen LogP contribution in [0.15, 0.2) is 117 Å². The van der Waals surface area contributed by atoms with Crippen LogP contribution in [0.3, 0.4) is 0 Å². The lowest BCUT2D eigenvalue weighted by atomic mass is 9.79. The van der Waals surface area contributed by atoms with Crippen molar-refractivity contribution >= 4 is 28.6 Å². The summed E-state index contributed by atoms with van der Waals surface area (Å²) >= 11 is 0. The lowest BCUT2D eigenvalue weighted by Gasteiger charge is -2.28. The van der Waals surface area contributed by atoms with Crippen molar-refractivity contribution in [1.29, 1.82) is 0 Å². The summed E-state index contributed by atoms with van der Waals surface area (Å²) in [6.07, 6.45) is 8.20. The number of hydrogen-bond acceptors (Lipinski definition) is 5. The number of aromatic nitrogens is 1. The molecule has 2 unspecified atom stereocenters. The third-order valence-electron chi connectivity index (χ3n) is 7.42. The second kappa shape index (κ2) is 9.30. The highest BCUT2D eigenvalue weighted by Crippen LogP contribution is 2.45. The zero-order chi connectivity index (χ0) is 25.5. The van der Waals surface area contributed by atoms with Gasteiger partial charge < -0.3 is 8.83 Å². The molecule has 38 heavy (non-hydrogen) atoms. The van der Waals surface area contributed by atoms with E-state index in [1.807, 2.05) is 91.0 Å². The molecular formula is C32H25N3O3. The van der Waals surface area contributed by atoms with Crippen LogP contribution < -0.4 is 0 Å². The molecule has 2 aliphatic rings. The van der Waals surface area contributed by atoms with Gasteiger partial charge in [0.05, 0.1) is 35.0 Å². The molecule has 4 heterocycles. The molecule has 1 aliphatic carbocycles. The van der Waals surface area contributed by atoms with E-state index >= 15 is 0 Å². The lowest BCUT2D eigenvalue weighted by molar-refractivity contribution is 0.0658. The van der Waals surface area contributed by atoms with Crippen molar-refractivity contribution in [3.63, 3.8) is 0 Å². The predicted molar refractivity (Wildman–Crippen MR) is 146 cm³/mol. The first kappa shape index (κ1) is 22.5. The van der Waals surface area contributed by atoms with Gasteiger partial charge >= 0.3 is 0 Å². The Hall–Kier alpha value is -4.71. The summed E-state index contributed by atoms with van der Waals surface area (Å²) in [5.41, 5.74) is 5.10. The van der Waals surface area contributed by atoms with Gasteiger partial charge in [0.15, 0.2) is 0 Å². The standard InChI is InChI=1S/C32H25N3O3/c36-32(26-20-28(21-9-2-1-3-10-21)33-27-15-5-4-13-24(26)27)35-31(29-16-8-18-38-29)25-14-6-11-22(30(25)34-35)19-23-12-7-17-37-23/h1-5,7-10,12-13,15-20,25,31H,6,11,14H2/b22-19+. The fraction of sp³-hybridized carbons (Fsp3) is 0.156. The molecule has 0 bridgehead atoms. The number of hydrazone groups is 1. The Morgan fingerprint density at radius 2 is 1.74 bits per heavy atom. The van der Waals surface area contributed by atoms with Crippen molar-refractivity contribution in [2.75, 3.05) is 0 Å². The number of fused-ring (bicyclic) bond motifs is 2. The normalized spacial score (nSPS) is 20.1. The summed E-state index contributed by atoms with van der Waals surface area (Å²) in [7, 11) is 0. The minimum Gasteiger partial charge on any atom is -0.467 e. The number of pyridine rings is 1. The van der Waals surface area contributed by atoms with Crippen LogP contribution in [0.5, 0.6) is 0 Å². The van der Waals surface area contributed by atoms with Crippen LogP contribution in [0, 0.1) is 5.92 Å². The average molecular weight is 500 g/mol. The van der Waals surface area contributed by atoms with Gasteiger partial charge in [0, 0.05) is 16.9 Å². The van der Waals surface area contributed by atoms with E-state index in [2.05, 4.69) is 0 Å². The van der Waals surface area contributed by atoms with Gasteiger partial charge in [-0.1, -0.05) is 48.5 Å². The van der Waals surface area contributed by atoms with Gasteiger partial charge in [-0.05, 0) is 67.3 Å². The minimum atomic E-state index is -0.320. The first-order valence-corrected chi connectivity index (χ1v) is 12.9. The monoisotopic (exact) mass is 499 g/mol. The SMILES string of the molecule is O=C(c1cc(-c2ccccc2)nc2ccccc12)N1N=C2/C(=C/c3ccco3)CCCC2C1c1ccco1. The fourth-order valence-corrected chi connectivity index (χ4v) is 5.68. The number of hydrogen-bond donors (Lipinski definition) is 0. The number of para-hydroxylation sites is 1. The molecule has 0 spiro atoms. The highest BCUT2D eigenvalue weighted by atomic mass is 16.3. The summed E-state index contributed by atoms with van der Waals surface area (Å²) in [6.45, 7) is 0. The van der Waals surface area contributed by atoms with Crippen molar-refractivity contribution < 1.29 is 13.6 Å². The third kappa shape index (κ3) is 3.86. The summed E-state index contributed by atoms with van der Waals surface area (Å²) in [6, 6.07) is 26.9. The van der Waals surface area contributed by atoms with Gasteiger partial charge in [-0.3, -0.25) is 4.79 Å². The number of carbonyl (C=O) groups is 1. The van der Waals surface area contributed by atoms with E-state index < -0.39 is 0 Å². The van der Waals surface area contributed by atoms with Gasteiger partial charge in [0.2, 0.25) is 0 Å². The molecule has 7 rings (SSSR count). The fourth-order valence-electron chi connectivity index (χ4n) is 5.68. The molecule has 3 aromatic heterocycles. The van der Waals surface area contributed by atoms with Crippen molar-refractivity contribution in [2.24, 2.45) is 11.0 Å². The molecule has 6 nitrogen and oxygen atoms in total. The summed E-state index contributed by atoms with van der Waals surface area (Å²) < 4.78 is 11.5. The van der Waals surface area contributed by atoms with Crippen LogP contribution in [-0.4, -0.2) is 21.6 Å². The maximum atomic E-state index is 14.4. The van der Waals surface area contributed by atoms with Gasteiger partial charge in [0.1, 0.15) is 17.6 Å². The number of nitrogens with zero attached hydrogens (tertiary/aromatic N) is 3. The zero-order valence-electron chi connectivity index (χ0n) is 20.7. The van der Waals surface area contributed by atoms with Crippen molar-refractivity contribution in [2.45, 2.75) is 25.3 Å². The Morgan fingerprint density at radius 1 is 0.921 bits per heavy atom. The van der Waals surface area contributed by atoms with Crippen LogP contribution >= 0.6 is 0 Å². The van der Waals surface area contributed by atoms with E-state index in [0.29, 0.717) is 5.56 Å². The number of amides is 1. The maximum absolute atomic E-state index is 14.4. The highest BCUT2D eigenvalue weighted by molar-refractivity contribution is 6.11. The van der Waals surface area contributed by atoms with E-state index in [0.717, 1.165) is 64.2 Å². The second-order valence-corrected chi connectivity index (χ2v) is 9.72. The molecule has 6 heteroatoms. The molecule has 1 aliphatic heterocycles. The summed E-state index contributed by atoms with van der Waals surface area (Å²) in [4.78, 5) is 19.3. The number of benzene rings is 2. The van der Waals surface area contributed by atoms with Crippen molar-refractivity contribution in [3.05, 3.63) is 120 Å². The Kier molecular flexibility index (Phi) is 5.51. The van der Waals surface area contributed by atoms with Crippen LogP contribution in [0.1, 0.15) is 47.2 Å². The van der Waals surface area contributed by atoms with E-state index in [-0.39, 0.29) is 17.9 Å². The number of carbonyl (C=O) groups excluding carboxylic acids is 1. The van der Waals surface area contributed by atoms with Crippen molar-refractivity contribution in [1.82, 2.24) is 9.99 Å². The first-order valence-electron chi connectivity index (χ1n) is 12.9. The lowest BCUT2D eigenvalue weighted by Crippen LogP contribution is -2.31. The van der Waals surface area contributed by atoms with Gasteiger partial charge in [-0.15, -0.1) is 0 Å². The smallest absolute Gasteiger partial charge is 0.275 e. The largest absolute Gasteiger partial charge is 0.467 e. The minimum absolute atomic E-state index is 0.0433. The maximum Gasteiger partial charge on any atom is 0.275 e. The molecule has 0 radical (unpaired) electrons. The van der Waals surface area contributed by atoms with Gasteiger partial charge in [0.25, 0.3) is 5.91 Å². The predicted octanol–water partition coefficient (Wildman–Crippen LogP) is 7.52. The Bertz CT molecular complexity index is 1670. The molecule has 2 atom stereocenters. The number of rotatable bonds is 4. The Morgan fingerprint density at radius 3 is 2.55 bits per heavy atom. The molecule has 186 valence electrons. The highest BCUT2D eigenvalue weighted by Gasteiger charge is 2.45. The van der Waals surface area contributed by atoms with Crippen LogP contribution in [0.2, 0.25) is 0 Å². The van der Waals surface area contributed by atoms with E-state index in [1.54, 1.807) is 17.5 Å². The quantitative estimate of drug-likeness (QED) is 0.256. The van der Waals surface area contributed by atoms with Crippen molar-refractivity contribution in [3.8, 4) is 11.3 Å².